The highest BCUT2D eigenvalue weighted by Crippen LogP contribution is 2.21. The Labute approximate surface area is 94.1 Å². The van der Waals surface area contributed by atoms with Gasteiger partial charge in [-0.15, -0.1) is 0 Å². The molecule has 0 N–H and O–H groups in total. The minimum Gasteiger partial charge on any atom is -0.366 e. The van der Waals surface area contributed by atoms with Gasteiger partial charge < -0.3 is 4.90 Å². The second-order valence-electron chi connectivity index (χ2n) is 4.17. The first kappa shape index (κ1) is 12.1. The molecule has 2 unspecified atom stereocenters. The van der Waals surface area contributed by atoms with Crippen LogP contribution >= 0.6 is 0 Å². The third-order valence-corrected chi connectivity index (χ3v) is 3.10. The Morgan fingerprint density at radius 1 is 1.13 bits per heavy atom. The van der Waals surface area contributed by atoms with E-state index in [1.807, 2.05) is 12.1 Å². The van der Waals surface area contributed by atoms with E-state index in [1.54, 1.807) is 0 Å². The van der Waals surface area contributed by atoms with Crippen molar-refractivity contribution in [3.05, 3.63) is 30.3 Å². The minimum atomic E-state index is 0.582. The molecule has 2 atom stereocenters. The van der Waals surface area contributed by atoms with E-state index in [-0.39, 0.29) is 0 Å². The molecule has 1 rings (SSSR count). The monoisotopic (exact) mass is 204 g/mol. The molecule has 15 heavy (non-hydrogen) atoms. The zero-order valence-electron chi connectivity index (χ0n) is 10.3. The first-order valence-corrected chi connectivity index (χ1v) is 5.95. The van der Waals surface area contributed by atoms with Gasteiger partial charge in [0, 0.05) is 23.8 Å². The third-order valence-electron chi connectivity index (χ3n) is 3.10. The fourth-order valence-corrected chi connectivity index (χ4v) is 1.85. The summed E-state index contributed by atoms with van der Waals surface area (Å²) in [5, 5.41) is 0. The lowest BCUT2D eigenvalue weighted by molar-refractivity contribution is 0.527. The van der Waals surface area contributed by atoms with Gasteiger partial charge in [0.1, 0.15) is 0 Å². The highest BCUT2D eigenvalue weighted by Gasteiger charge is 2.17. The van der Waals surface area contributed by atoms with Crippen LogP contribution in [0.4, 0.5) is 5.69 Å². The number of anilines is 1. The summed E-state index contributed by atoms with van der Waals surface area (Å²) in [5.74, 6) is 0. The highest BCUT2D eigenvalue weighted by atomic mass is 15.2. The van der Waals surface area contributed by atoms with Gasteiger partial charge in [0.05, 0.1) is 0 Å². The Kier molecular flexibility index (Phi) is 4.67. The molecule has 1 nitrogen and oxygen atoms in total. The SMILES string of the molecule is CCC(C)N(c1[c]cccc1)C(C)CC. The average Bonchev–Trinajstić information content (AvgIpc) is 2.30. The first-order valence-electron chi connectivity index (χ1n) is 5.95. The predicted octanol–water partition coefficient (Wildman–Crippen LogP) is 3.89. The normalized spacial score (nSPS) is 14.7. The first-order chi connectivity index (χ1) is 7.20. The summed E-state index contributed by atoms with van der Waals surface area (Å²) in [5.41, 5.74) is 1.22. The fourth-order valence-electron chi connectivity index (χ4n) is 1.85. The van der Waals surface area contributed by atoms with E-state index in [4.69, 9.17) is 0 Å². The largest absolute Gasteiger partial charge is 0.366 e. The summed E-state index contributed by atoms with van der Waals surface area (Å²) in [6, 6.07) is 12.7. The topological polar surface area (TPSA) is 3.24 Å². The molecule has 0 bridgehead atoms. The van der Waals surface area contributed by atoms with Crippen LogP contribution in [-0.4, -0.2) is 12.1 Å². The van der Waals surface area contributed by atoms with E-state index in [1.165, 1.54) is 18.5 Å². The molecule has 1 aromatic carbocycles. The van der Waals surface area contributed by atoms with Gasteiger partial charge in [0.25, 0.3) is 0 Å². The van der Waals surface area contributed by atoms with E-state index < -0.39 is 0 Å². The Morgan fingerprint density at radius 3 is 2.13 bits per heavy atom. The lowest BCUT2D eigenvalue weighted by Gasteiger charge is -2.36. The molecule has 0 aliphatic rings. The Balaban J connectivity index is 2.91. The number of para-hydroxylation sites is 1. The van der Waals surface area contributed by atoms with Gasteiger partial charge in [-0.1, -0.05) is 32.0 Å². The van der Waals surface area contributed by atoms with Gasteiger partial charge in [-0.3, -0.25) is 0 Å². The standard InChI is InChI=1S/C14H22N/c1-5-12(3)15(13(4)6-2)14-10-8-7-9-11-14/h7-10,12-13H,5-6H2,1-4H3. The van der Waals surface area contributed by atoms with Gasteiger partial charge in [-0.05, 0) is 32.8 Å². The van der Waals surface area contributed by atoms with Gasteiger partial charge in [0.15, 0.2) is 0 Å². The summed E-state index contributed by atoms with van der Waals surface area (Å²) in [6.45, 7) is 9.05. The molecular formula is C14H22N. The van der Waals surface area contributed by atoms with Crippen molar-refractivity contribution in [3.8, 4) is 0 Å². The van der Waals surface area contributed by atoms with Crippen LogP contribution in [0.3, 0.4) is 0 Å². The van der Waals surface area contributed by atoms with Crippen molar-refractivity contribution < 1.29 is 0 Å². The third kappa shape index (κ3) is 2.98. The van der Waals surface area contributed by atoms with Crippen LogP contribution in [0.5, 0.6) is 0 Å². The van der Waals surface area contributed by atoms with Crippen LogP contribution in [0.1, 0.15) is 40.5 Å². The van der Waals surface area contributed by atoms with Crippen LogP contribution in [0, 0.1) is 6.07 Å². The van der Waals surface area contributed by atoms with Crippen molar-refractivity contribution in [2.24, 2.45) is 0 Å². The summed E-state index contributed by atoms with van der Waals surface area (Å²) >= 11 is 0. The molecule has 0 amide bonds. The number of rotatable bonds is 5. The summed E-state index contributed by atoms with van der Waals surface area (Å²) in [6.07, 6.45) is 2.35. The number of hydrogen-bond acceptors (Lipinski definition) is 1. The zero-order valence-corrected chi connectivity index (χ0v) is 10.3. The van der Waals surface area contributed by atoms with Crippen molar-refractivity contribution in [1.29, 1.82) is 0 Å². The Morgan fingerprint density at radius 2 is 1.73 bits per heavy atom. The van der Waals surface area contributed by atoms with Gasteiger partial charge in [0.2, 0.25) is 0 Å². The lowest BCUT2D eigenvalue weighted by Crippen LogP contribution is -2.39. The average molecular weight is 204 g/mol. The maximum atomic E-state index is 3.32. The van der Waals surface area contributed by atoms with Crippen molar-refractivity contribution >= 4 is 5.69 Å². The second kappa shape index (κ2) is 5.79. The van der Waals surface area contributed by atoms with Gasteiger partial charge in [-0.2, -0.15) is 0 Å². The van der Waals surface area contributed by atoms with Gasteiger partial charge >= 0.3 is 0 Å². The smallest absolute Gasteiger partial charge is 0.0451 e. The van der Waals surface area contributed by atoms with E-state index in [0.29, 0.717) is 12.1 Å². The van der Waals surface area contributed by atoms with Crippen molar-refractivity contribution in [1.82, 2.24) is 0 Å². The number of hydrogen-bond donors (Lipinski definition) is 0. The molecule has 0 spiro atoms. The molecule has 1 heteroatoms. The van der Waals surface area contributed by atoms with Crippen LogP contribution in [0.25, 0.3) is 0 Å². The molecule has 0 saturated heterocycles. The maximum Gasteiger partial charge on any atom is 0.0451 e. The second-order valence-corrected chi connectivity index (χ2v) is 4.17. The van der Waals surface area contributed by atoms with Crippen LogP contribution in [0.2, 0.25) is 0 Å². The van der Waals surface area contributed by atoms with Crippen molar-refractivity contribution in [2.45, 2.75) is 52.6 Å². The Hall–Kier alpha value is -0.980. The fraction of sp³-hybridized carbons (Fsp3) is 0.571. The van der Waals surface area contributed by atoms with E-state index in [2.05, 4.69) is 50.8 Å². The minimum absolute atomic E-state index is 0.582. The van der Waals surface area contributed by atoms with Crippen LogP contribution in [0.15, 0.2) is 24.3 Å². The van der Waals surface area contributed by atoms with Gasteiger partial charge in [-0.25, -0.2) is 0 Å². The predicted molar refractivity (Wildman–Crippen MR) is 67.3 cm³/mol. The summed E-state index contributed by atoms with van der Waals surface area (Å²) < 4.78 is 0. The zero-order chi connectivity index (χ0) is 11.3. The van der Waals surface area contributed by atoms with Crippen molar-refractivity contribution in [2.75, 3.05) is 4.90 Å². The molecule has 0 fully saturated rings. The molecule has 0 aliphatic carbocycles. The van der Waals surface area contributed by atoms with Crippen LogP contribution in [-0.2, 0) is 0 Å². The maximum absolute atomic E-state index is 3.32. The molecule has 0 heterocycles. The van der Waals surface area contributed by atoms with Crippen molar-refractivity contribution in [3.63, 3.8) is 0 Å². The molecule has 0 saturated carbocycles. The molecule has 1 aromatic rings. The van der Waals surface area contributed by atoms with E-state index in [0.717, 1.165) is 0 Å². The lowest BCUT2D eigenvalue weighted by atomic mass is 10.1. The quantitative estimate of drug-likeness (QED) is 0.703. The number of benzene rings is 1. The molecular weight excluding hydrogens is 182 g/mol. The van der Waals surface area contributed by atoms with E-state index >= 15 is 0 Å². The van der Waals surface area contributed by atoms with E-state index in [9.17, 15) is 0 Å². The molecule has 0 aliphatic heterocycles. The van der Waals surface area contributed by atoms with Crippen LogP contribution < -0.4 is 4.90 Å². The molecule has 83 valence electrons. The number of nitrogens with zero attached hydrogens (tertiary/aromatic N) is 1. The molecule has 0 aromatic heterocycles. The Bertz CT molecular complexity index is 258. The highest BCUT2D eigenvalue weighted by molar-refractivity contribution is 5.46. The summed E-state index contributed by atoms with van der Waals surface area (Å²) in [7, 11) is 0. The summed E-state index contributed by atoms with van der Waals surface area (Å²) in [4.78, 5) is 2.47. The molecule has 1 radical (unpaired) electrons.